The first-order chi connectivity index (χ1) is 9.01. The van der Waals surface area contributed by atoms with Crippen LogP contribution in [0.1, 0.15) is 16.9 Å². The molecule has 19 heavy (non-hydrogen) atoms. The quantitative estimate of drug-likeness (QED) is 0.742. The molecule has 1 amide bonds. The van der Waals surface area contributed by atoms with E-state index in [9.17, 15) is 9.59 Å². The highest BCUT2D eigenvalue weighted by atomic mass is 32.1. The number of hydrogen-bond acceptors (Lipinski definition) is 4. The standard InChI is InChI=1S/C13H18N2O3S/c1-14-12(16)5-6-15(2)8-11-7-10(9-19-11)3-4-13(17)18/h3-4,7,9H,5-6,8H2,1-2H3,(H,14,16)(H,17,18)/b4-3+. The van der Waals surface area contributed by atoms with E-state index in [-0.39, 0.29) is 5.91 Å². The Morgan fingerprint density at radius 3 is 2.89 bits per heavy atom. The minimum absolute atomic E-state index is 0.0307. The third-order valence-electron chi connectivity index (χ3n) is 2.52. The van der Waals surface area contributed by atoms with Crippen LogP contribution < -0.4 is 5.32 Å². The molecule has 5 nitrogen and oxygen atoms in total. The number of aliphatic carboxylic acids is 1. The minimum Gasteiger partial charge on any atom is -0.478 e. The fourth-order valence-corrected chi connectivity index (χ4v) is 2.43. The molecule has 1 heterocycles. The van der Waals surface area contributed by atoms with Gasteiger partial charge in [-0.05, 0) is 30.1 Å². The highest BCUT2D eigenvalue weighted by Gasteiger charge is 2.05. The van der Waals surface area contributed by atoms with E-state index in [2.05, 4.69) is 10.2 Å². The molecule has 0 aliphatic carbocycles. The van der Waals surface area contributed by atoms with Crippen molar-refractivity contribution in [1.82, 2.24) is 10.2 Å². The lowest BCUT2D eigenvalue weighted by molar-refractivity contribution is -0.131. The first-order valence-corrected chi connectivity index (χ1v) is 6.76. The van der Waals surface area contributed by atoms with Crippen LogP contribution in [0.5, 0.6) is 0 Å². The van der Waals surface area contributed by atoms with E-state index in [4.69, 9.17) is 5.11 Å². The zero-order valence-electron chi connectivity index (χ0n) is 11.0. The lowest BCUT2D eigenvalue weighted by atomic mass is 10.2. The third kappa shape index (κ3) is 6.17. The van der Waals surface area contributed by atoms with Crippen LogP contribution in [0.25, 0.3) is 6.08 Å². The molecule has 0 saturated heterocycles. The molecule has 104 valence electrons. The minimum atomic E-state index is -0.949. The first-order valence-electron chi connectivity index (χ1n) is 5.89. The largest absolute Gasteiger partial charge is 0.478 e. The van der Waals surface area contributed by atoms with Gasteiger partial charge in [-0.25, -0.2) is 4.79 Å². The zero-order valence-corrected chi connectivity index (χ0v) is 11.9. The van der Waals surface area contributed by atoms with Gasteiger partial charge in [0.25, 0.3) is 0 Å². The summed E-state index contributed by atoms with van der Waals surface area (Å²) in [6.45, 7) is 1.44. The topological polar surface area (TPSA) is 69.6 Å². The molecule has 2 N–H and O–H groups in total. The van der Waals surface area contributed by atoms with Crippen LogP contribution in [0.3, 0.4) is 0 Å². The van der Waals surface area contributed by atoms with E-state index >= 15 is 0 Å². The van der Waals surface area contributed by atoms with Crippen molar-refractivity contribution in [1.29, 1.82) is 0 Å². The summed E-state index contributed by atoms with van der Waals surface area (Å²) in [5.74, 6) is -0.918. The second-order valence-electron chi connectivity index (χ2n) is 4.18. The molecule has 0 aliphatic heterocycles. The number of amides is 1. The molecule has 0 saturated carbocycles. The summed E-state index contributed by atoms with van der Waals surface area (Å²) < 4.78 is 0. The molecular formula is C13H18N2O3S. The van der Waals surface area contributed by atoms with Gasteiger partial charge in [0.05, 0.1) is 0 Å². The molecule has 0 radical (unpaired) electrons. The van der Waals surface area contributed by atoms with E-state index in [0.29, 0.717) is 13.0 Å². The highest BCUT2D eigenvalue weighted by Crippen LogP contribution is 2.17. The van der Waals surface area contributed by atoms with Gasteiger partial charge < -0.3 is 15.3 Å². The van der Waals surface area contributed by atoms with E-state index in [1.807, 2.05) is 18.5 Å². The molecule has 0 aliphatic rings. The van der Waals surface area contributed by atoms with Crippen LogP contribution in [0.4, 0.5) is 0 Å². The van der Waals surface area contributed by atoms with Gasteiger partial charge in [-0.3, -0.25) is 4.79 Å². The summed E-state index contributed by atoms with van der Waals surface area (Å²) in [5.41, 5.74) is 0.891. The summed E-state index contributed by atoms with van der Waals surface area (Å²) in [5, 5.41) is 13.0. The smallest absolute Gasteiger partial charge is 0.328 e. The number of thiophene rings is 1. The van der Waals surface area contributed by atoms with Crippen LogP contribution >= 0.6 is 11.3 Å². The predicted octanol–water partition coefficient (Wildman–Crippen LogP) is 1.41. The van der Waals surface area contributed by atoms with Gasteiger partial charge in [-0.2, -0.15) is 0 Å². The second kappa shape index (κ2) is 7.70. The summed E-state index contributed by atoms with van der Waals surface area (Å²) in [7, 11) is 3.58. The number of hydrogen-bond donors (Lipinski definition) is 2. The number of carbonyl (C=O) groups excluding carboxylic acids is 1. The maximum Gasteiger partial charge on any atom is 0.328 e. The highest BCUT2D eigenvalue weighted by molar-refractivity contribution is 7.10. The van der Waals surface area contributed by atoms with Crippen LogP contribution in [0, 0.1) is 0 Å². The average molecular weight is 282 g/mol. The van der Waals surface area contributed by atoms with E-state index in [1.54, 1.807) is 24.5 Å². The van der Waals surface area contributed by atoms with Crippen molar-refractivity contribution in [2.45, 2.75) is 13.0 Å². The summed E-state index contributed by atoms with van der Waals surface area (Å²) in [4.78, 5) is 24.7. The Labute approximate surface area is 116 Å². The summed E-state index contributed by atoms with van der Waals surface area (Å²) in [6.07, 6.45) is 3.18. The molecule has 0 aromatic carbocycles. The fourth-order valence-electron chi connectivity index (χ4n) is 1.50. The normalized spacial score (nSPS) is 11.1. The summed E-state index contributed by atoms with van der Waals surface area (Å²) >= 11 is 1.58. The molecule has 0 atom stereocenters. The Bertz CT molecular complexity index is 468. The molecule has 1 aromatic rings. The van der Waals surface area contributed by atoms with Crippen molar-refractivity contribution in [2.75, 3.05) is 20.6 Å². The first kappa shape index (κ1) is 15.4. The molecule has 1 aromatic heterocycles. The van der Waals surface area contributed by atoms with Crippen LogP contribution in [0.2, 0.25) is 0 Å². The number of carboxylic acids is 1. The maximum atomic E-state index is 11.1. The number of carboxylic acid groups (broad SMARTS) is 1. The van der Waals surface area contributed by atoms with Crippen molar-refractivity contribution < 1.29 is 14.7 Å². The second-order valence-corrected chi connectivity index (χ2v) is 5.17. The van der Waals surface area contributed by atoms with Crippen LogP contribution in [-0.2, 0) is 16.1 Å². The van der Waals surface area contributed by atoms with E-state index < -0.39 is 5.97 Å². The van der Waals surface area contributed by atoms with Crippen molar-refractivity contribution in [2.24, 2.45) is 0 Å². The van der Waals surface area contributed by atoms with Crippen molar-refractivity contribution in [3.05, 3.63) is 28.0 Å². The van der Waals surface area contributed by atoms with Gasteiger partial charge in [0.1, 0.15) is 0 Å². The van der Waals surface area contributed by atoms with Crippen LogP contribution in [0.15, 0.2) is 17.5 Å². The molecule has 0 unspecified atom stereocenters. The van der Waals surface area contributed by atoms with E-state index in [1.165, 1.54) is 0 Å². The fraction of sp³-hybridized carbons (Fsp3) is 0.385. The Hall–Kier alpha value is -1.66. The van der Waals surface area contributed by atoms with Gasteiger partial charge >= 0.3 is 5.97 Å². The summed E-state index contributed by atoms with van der Waals surface area (Å²) in [6, 6.07) is 1.96. The van der Waals surface area contributed by atoms with Crippen molar-refractivity contribution in [3.8, 4) is 0 Å². The molecule has 0 spiro atoms. The number of rotatable bonds is 7. The zero-order chi connectivity index (χ0) is 14.3. The number of nitrogens with zero attached hydrogens (tertiary/aromatic N) is 1. The lowest BCUT2D eigenvalue weighted by Gasteiger charge is -2.14. The Kier molecular flexibility index (Phi) is 6.24. The van der Waals surface area contributed by atoms with Gasteiger partial charge in [0, 0.05) is 37.5 Å². The maximum absolute atomic E-state index is 11.1. The number of carbonyl (C=O) groups is 2. The van der Waals surface area contributed by atoms with E-state index in [0.717, 1.165) is 23.1 Å². The lowest BCUT2D eigenvalue weighted by Crippen LogP contribution is -2.26. The Morgan fingerprint density at radius 2 is 2.26 bits per heavy atom. The van der Waals surface area contributed by atoms with Crippen molar-refractivity contribution in [3.63, 3.8) is 0 Å². The third-order valence-corrected chi connectivity index (χ3v) is 3.46. The monoisotopic (exact) mass is 282 g/mol. The SMILES string of the molecule is CNC(=O)CCN(C)Cc1cc(/C=C/C(=O)O)cs1. The molecule has 0 bridgehead atoms. The van der Waals surface area contributed by atoms with Gasteiger partial charge in [-0.15, -0.1) is 11.3 Å². The molecule has 6 heteroatoms. The predicted molar refractivity (Wildman–Crippen MR) is 76.0 cm³/mol. The molecular weight excluding hydrogens is 264 g/mol. The Balaban J connectivity index is 2.44. The van der Waals surface area contributed by atoms with Crippen LogP contribution in [-0.4, -0.2) is 42.5 Å². The van der Waals surface area contributed by atoms with Gasteiger partial charge in [0.2, 0.25) is 5.91 Å². The Morgan fingerprint density at radius 1 is 1.53 bits per heavy atom. The molecule has 0 fully saturated rings. The molecule has 1 rings (SSSR count). The average Bonchev–Trinajstić information content (AvgIpc) is 2.81. The number of nitrogens with one attached hydrogen (secondary N) is 1. The van der Waals surface area contributed by atoms with Crippen molar-refractivity contribution >= 4 is 29.3 Å². The van der Waals surface area contributed by atoms with Gasteiger partial charge in [0.15, 0.2) is 0 Å². The van der Waals surface area contributed by atoms with Gasteiger partial charge in [-0.1, -0.05) is 0 Å².